The van der Waals surface area contributed by atoms with Gasteiger partial charge in [-0.2, -0.15) is 15.0 Å². The molecular weight excluding hydrogens is 432 g/mol. The molecule has 0 saturated carbocycles. The third kappa shape index (κ3) is 5.57. The molecule has 1 atom stereocenters. The summed E-state index contributed by atoms with van der Waals surface area (Å²) in [4.78, 5) is 32.4. The van der Waals surface area contributed by atoms with Gasteiger partial charge in [0.2, 0.25) is 17.7 Å². The molecule has 0 saturated heterocycles. The second-order valence-electron chi connectivity index (χ2n) is 11.5. The molecule has 1 aliphatic rings. The van der Waals surface area contributed by atoms with Crippen molar-refractivity contribution >= 4 is 39.7 Å². The average Bonchev–Trinajstić information content (AvgIpc) is 2.56. The number of rotatable bonds is 5. The van der Waals surface area contributed by atoms with Crippen LogP contribution in [-0.4, -0.2) is 43.4 Å². The largest absolute Gasteiger partial charge is 0.380 e. The summed E-state index contributed by atoms with van der Waals surface area (Å²) in [5, 5.41) is 0.0270. The number of hydrogen-bond acceptors (Lipinski definition) is 6. The van der Waals surface area contributed by atoms with Crippen LogP contribution in [0.3, 0.4) is 0 Å². The first-order valence-corrected chi connectivity index (χ1v) is 16.8. The monoisotopic (exact) mass is 469 g/mol. The number of alkyl halides is 1. The van der Waals surface area contributed by atoms with Gasteiger partial charge in [0.25, 0.3) is 0 Å². The summed E-state index contributed by atoms with van der Waals surface area (Å²) >= 11 is 0. The SMILES string of the molecule is CC(C)(C)[Si](C)(C)Nc1nc(N[Si](C)(C)C(C)(C)C)nc(C2=C(F)C(=O)C(F)CC2)n1. The van der Waals surface area contributed by atoms with Crippen LogP contribution in [-0.2, 0) is 4.79 Å². The van der Waals surface area contributed by atoms with Gasteiger partial charge in [0.05, 0.1) is 0 Å². The molecule has 2 N–H and O–H groups in total. The predicted molar refractivity (Wildman–Crippen MR) is 129 cm³/mol. The molecule has 1 aromatic rings. The van der Waals surface area contributed by atoms with Gasteiger partial charge >= 0.3 is 0 Å². The third-order valence-corrected chi connectivity index (χ3v) is 16.1. The van der Waals surface area contributed by atoms with Crippen LogP contribution < -0.4 is 9.96 Å². The molecule has 10 heteroatoms. The summed E-state index contributed by atoms with van der Waals surface area (Å²) < 4.78 is 28.4. The maximum Gasteiger partial charge on any atom is 0.225 e. The van der Waals surface area contributed by atoms with Gasteiger partial charge in [-0.3, -0.25) is 4.79 Å². The minimum absolute atomic E-state index is 0.0135. The highest BCUT2D eigenvalue weighted by Gasteiger charge is 2.39. The fourth-order valence-electron chi connectivity index (χ4n) is 2.56. The highest BCUT2D eigenvalue weighted by atomic mass is 28.3. The molecule has 0 spiro atoms. The molecule has 1 aliphatic carbocycles. The van der Waals surface area contributed by atoms with E-state index in [1.54, 1.807) is 0 Å². The summed E-state index contributed by atoms with van der Waals surface area (Å²) in [7, 11) is -4.07. The third-order valence-electron chi connectivity index (χ3n) is 6.92. The molecule has 0 amide bonds. The van der Waals surface area contributed by atoms with Gasteiger partial charge in [0.15, 0.2) is 34.3 Å². The van der Waals surface area contributed by atoms with Crippen molar-refractivity contribution in [3.8, 4) is 0 Å². The lowest BCUT2D eigenvalue weighted by Gasteiger charge is -2.38. The van der Waals surface area contributed by atoms with Gasteiger partial charge in [0.1, 0.15) is 0 Å². The van der Waals surface area contributed by atoms with Gasteiger partial charge < -0.3 is 9.96 Å². The van der Waals surface area contributed by atoms with E-state index >= 15 is 0 Å². The maximum atomic E-state index is 14.7. The Morgan fingerprint density at radius 2 is 1.29 bits per heavy atom. The summed E-state index contributed by atoms with van der Waals surface area (Å²) in [6.45, 7) is 21.7. The molecular formula is C21H37F2N5OSi2. The van der Waals surface area contributed by atoms with Crippen LogP contribution in [0.4, 0.5) is 20.7 Å². The zero-order valence-corrected chi connectivity index (χ0v) is 22.5. The Labute approximate surface area is 186 Å². The smallest absolute Gasteiger partial charge is 0.225 e. The van der Waals surface area contributed by atoms with Gasteiger partial charge in [-0.05, 0) is 22.9 Å². The number of nitrogens with zero attached hydrogens (tertiary/aromatic N) is 3. The first kappa shape index (κ1) is 25.6. The molecule has 174 valence electrons. The van der Waals surface area contributed by atoms with E-state index in [0.717, 1.165) is 0 Å². The van der Waals surface area contributed by atoms with Crippen LogP contribution in [0.5, 0.6) is 0 Å². The van der Waals surface area contributed by atoms with Crippen molar-refractivity contribution in [1.82, 2.24) is 15.0 Å². The fraction of sp³-hybridized carbons (Fsp3) is 0.714. The topological polar surface area (TPSA) is 79.8 Å². The van der Waals surface area contributed by atoms with Crippen LogP contribution in [0.25, 0.3) is 5.57 Å². The Balaban J connectivity index is 2.59. The van der Waals surface area contributed by atoms with Gasteiger partial charge in [-0.25, -0.2) is 8.78 Å². The number of halogens is 2. The van der Waals surface area contributed by atoms with E-state index in [4.69, 9.17) is 0 Å². The number of hydrogen-bond donors (Lipinski definition) is 2. The summed E-state index contributed by atoms with van der Waals surface area (Å²) in [5.41, 5.74) is 0.0536. The Hall–Kier alpha value is -1.69. The number of carbonyl (C=O) groups is 1. The van der Waals surface area contributed by atoms with Crippen molar-refractivity contribution in [3.05, 3.63) is 11.7 Å². The molecule has 0 aromatic carbocycles. The molecule has 1 heterocycles. The van der Waals surface area contributed by atoms with Crippen LogP contribution in [0.2, 0.25) is 36.3 Å². The molecule has 6 nitrogen and oxygen atoms in total. The Morgan fingerprint density at radius 3 is 1.68 bits per heavy atom. The number of carbonyl (C=O) groups excluding carboxylic acids is 1. The quantitative estimate of drug-likeness (QED) is 0.508. The maximum absolute atomic E-state index is 14.7. The lowest BCUT2D eigenvalue weighted by molar-refractivity contribution is -0.122. The average molecular weight is 470 g/mol. The van der Waals surface area contributed by atoms with Crippen molar-refractivity contribution in [2.45, 2.75) is 96.8 Å². The molecule has 1 aromatic heterocycles. The Kier molecular flexibility index (Phi) is 6.88. The predicted octanol–water partition coefficient (Wildman–Crippen LogP) is 6.09. The second-order valence-corrected chi connectivity index (χ2v) is 21.5. The summed E-state index contributed by atoms with van der Waals surface area (Å²) in [6, 6.07) is 0. The van der Waals surface area contributed by atoms with Crippen molar-refractivity contribution < 1.29 is 13.6 Å². The van der Waals surface area contributed by atoms with Crippen molar-refractivity contribution in [2.24, 2.45) is 0 Å². The van der Waals surface area contributed by atoms with Crippen molar-refractivity contribution in [2.75, 3.05) is 9.96 Å². The number of ketones is 1. The number of nitrogens with one attached hydrogen (secondary N) is 2. The van der Waals surface area contributed by atoms with Crippen LogP contribution in [0, 0.1) is 0 Å². The molecule has 1 unspecified atom stereocenters. The van der Waals surface area contributed by atoms with Crippen molar-refractivity contribution in [1.29, 1.82) is 0 Å². The number of allylic oxidation sites excluding steroid dienone is 2. The van der Waals surface area contributed by atoms with E-state index in [0.29, 0.717) is 11.9 Å². The molecule has 2 rings (SSSR count). The molecule has 31 heavy (non-hydrogen) atoms. The lowest BCUT2D eigenvalue weighted by atomic mass is 9.95. The first-order valence-electron chi connectivity index (χ1n) is 10.8. The van der Waals surface area contributed by atoms with E-state index in [9.17, 15) is 13.6 Å². The van der Waals surface area contributed by atoms with E-state index in [-0.39, 0.29) is 34.3 Å². The lowest BCUT2D eigenvalue weighted by Crippen LogP contribution is -2.47. The Bertz CT molecular complexity index is 842. The van der Waals surface area contributed by atoms with Crippen LogP contribution >= 0.6 is 0 Å². The van der Waals surface area contributed by atoms with Crippen LogP contribution in [0.1, 0.15) is 60.2 Å². The molecule has 0 aliphatic heterocycles. The van der Waals surface area contributed by atoms with Gasteiger partial charge in [-0.15, -0.1) is 0 Å². The van der Waals surface area contributed by atoms with E-state index in [1.165, 1.54) is 0 Å². The zero-order chi connectivity index (χ0) is 24.0. The molecule has 0 bridgehead atoms. The van der Waals surface area contributed by atoms with E-state index < -0.39 is 34.3 Å². The summed E-state index contributed by atoms with van der Waals surface area (Å²) in [5.74, 6) is -1.41. The first-order chi connectivity index (χ1) is 13.9. The summed E-state index contributed by atoms with van der Waals surface area (Å²) in [6.07, 6.45) is -1.80. The highest BCUT2D eigenvalue weighted by molar-refractivity contribution is 6.83. The highest BCUT2D eigenvalue weighted by Crippen LogP contribution is 2.38. The molecule has 0 fully saturated rings. The minimum Gasteiger partial charge on any atom is -0.380 e. The van der Waals surface area contributed by atoms with E-state index in [1.807, 2.05) is 0 Å². The number of anilines is 2. The second kappa shape index (κ2) is 8.34. The number of aromatic nitrogens is 3. The fourth-order valence-corrected chi connectivity index (χ4v) is 4.66. The van der Waals surface area contributed by atoms with Gasteiger partial charge in [0, 0.05) is 5.57 Å². The van der Waals surface area contributed by atoms with Gasteiger partial charge in [-0.1, -0.05) is 67.7 Å². The van der Waals surface area contributed by atoms with E-state index in [2.05, 4.69) is 92.6 Å². The zero-order valence-electron chi connectivity index (χ0n) is 20.5. The van der Waals surface area contributed by atoms with Crippen molar-refractivity contribution in [3.63, 3.8) is 0 Å². The van der Waals surface area contributed by atoms with Crippen LogP contribution in [0.15, 0.2) is 5.83 Å². The minimum atomic E-state index is -2.03. The standard InChI is InChI=1S/C21H37F2N5OSi2/c1-20(2,3)30(7,8)27-18-24-17(13-11-12-14(22)16(29)15(13)23)25-19(26-18)28-31(9,10)21(4,5)6/h14H,11-12H2,1-10H3,(H2,24,25,26,27,28). The molecule has 0 radical (unpaired) electrons. The Morgan fingerprint density at radius 1 is 0.871 bits per heavy atom. The number of Topliss-reactive ketones (excluding diaryl/α,β-unsaturated/α-hetero) is 1. The normalized spacial score (nSPS) is 19.0.